The summed E-state index contributed by atoms with van der Waals surface area (Å²) in [5.41, 5.74) is 2.32. The maximum Gasteiger partial charge on any atom is 0.308 e. The van der Waals surface area contributed by atoms with Gasteiger partial charge in [-0.25, -0.2) is 0 Å². The molecular weight excluding hydrogens is 344 g/mol. The molecule has 0 spiro atoms. The zero-order chi connectivity index (χ0) is 19.2. The molecule has 1 heterocycles. The molecule has 0 aromatic heterocycles. The van der Waals surface area contributed by atoms with E-state index in [0.717, 1.165) is 24.3 Å². The Labute approximate surface area is 158 Å². The molecule has 6 nitrogen and oxygen atoms in total. The summed E-state index contributed by atoms with van der Waals surface area (Å²) in [5.74, 6) is -1.98. The average Bonchev–Trinajstić information content (AvgIpc) is 2.72. The molecule has 2 N–H and O–H groups in total. The van der Waals surface area contributed by atoms with Crippen molar-refractivity contribution in [2.45, 2.75) is 13.0 Å². The Morgan fingerprint density at radius 3 is 2.26 bits per heavy atom. The summed E-state index contributed by atoms with van der Waals surface area (Å²) >= 11 is 0. The van der Waals surface area contributed by atoms with Gasteiger partial charge in [0.2, 0.25) is 0 Å². The predicted molar refractivity (Wildman–Crippen MR) is 103 cm³/mol. The highest BCUT2D eigenvalue weighted by Gasteiger charge is 2.27. The summed E-state index contributed by atoms with van der Waals surface area (Å²) in [6.45, 7) is 4.67. The van der Waals surface area contributed by atoms with Gasteiger partial charge >= 0.3 is 5.97 Å². The van der Waals surface area contributed by atoms with Gasteiger partial charge in [0.05, 0.1) is 25.2 Å². The van der Waals surface area contributed by atoms with Crippen molar-refractivity contribution in [2.24, 2.45) is 5.92 Å². The number of anilines is 1. The third-order valence-corrected chi connectivity index (χ3v) is 4.84. The van der Waals surface area contributed by atoms with Gasteiger partial charge in [-0.2, -0.15) is 0 Å². The van der Waals surface area contributed by atoms with Gasteiger partial charge in [0.1, 0.15) is 0 Å². The van der Waals surface area contributed by atoms with E-state index in [-0.39, 0.29) is 5.91 Å². The number of carboxylic acids is 1. The topological polar surface area (TPSA) is 78.9 Å². The molecule has 2 aromatic rings. The third-order valence-electron chi connectivity index (χ3n) is 4.84. The van der Waals surface area contributed by atoms with Gasteiger partial charge in [0, 0.05) is 24.3 Å². The minimum atomic E-state index is -0.952. The lowest BCUT2D eigenvalue weighted by atomic mass is 9.94. The normalized spacial score (nSPS) is 16.4. The SMILES string of the molecule is CC(C(=O)O)C(NC(=O)c1ccc(N2CCOCC2)cc1)c1ccccc1. The minimum Gasteiger partial charge on any atom is -0.481 e. The number of hydrogen-bond acceptors (Lipinski definition) is 4. The Kier molecular flexibility index (Phi) is 6.08. The van der Waals surface area contributed by atoms with Crippen LogP contribution in [0, 0.1) is 5.92 Å². The van der Waals surface area contributed by atoms with E-state index in [1.807, 2.05) is 42.5 Å². The number of nitrogens with zero attached hydrogens (tertiary/aromatic N) is 1. The van der Waals surface area contributed by atoms with Crippen LogP contribution in [-0.4, -0.2) is 43.3 Å². The molecule has 2 aromatic carbocycles. The molecule has 27 heavy (non-hydrogen) atoms. The molecule has 1 amide bonds. The van der Waals surface area contributed by atoms with Crippen molar-refractivity contribution in [1.29, 1.82) is 0 Å². The molecule has 0 saturated carbocycles. The molecule has 1 aliphatic heterocycles. The van der Waals surface area contributed by atoms with Crippen molar-refractivity contribution in [3.05, 3.63) is 65.7 Å². The van der Waals surface area contributed by atoms with E-state index in [9.17, 15) is 14.7 Å². The number of benzene rings is 2. The fraction of sp³-hybridized carbons (Fsp3) is 0.333. The third kappa shape index (κ3) is 4.65. The van der Waals surface area contributed by atoms with Gasteiger partial charge in [0.15, 0.2) is 0 Å². The smallest absolute Gasteiger partial charge is 0.308 e. The Balaban J connectivity index is 1.74. The molecule has 1 fully saturated rings. The largest absolute Gasteiger partial charge is 0.481 e. The summed E-state index contributed by atoms with van der Waals surface area (Å²) in [6.07, 6.45) is 0. The van der Waals surface area contributed by atoms with Crippen LogP contribution in [0.25, 0.3) is 0 Å². The van der Waals surface area contributed by atoms with Crippen molar-refractivity contribution in [3.63, 3.8) is 0 Å². The molecular formula is C21H24N2O4. The first-order valence-corrected chi connectivity index (χ1v) is 9.07. The molecule has 2 unspecified atom stereocenters. The number of carboxylic acid groups (broad SMARTS) is 1. The number of carbonyl (C=O) groups is 2. The number of hydrogen-bond donors (Lipinski definition) is 2. The van der Waals surface area contributed by atoms with E-state index in [4.69, 9.17) is 4.74 Å². The lowest BCUT2D eigenvalue weighted by molar-refractivity contribution is -0.142. The van der Waals surface area contributed by atoms with Crippen molar-refractivity contribution in [2.75, 3.05) is 31.2 Å². The molecule has 0 bridgehead atoms. The van der Waals surface area contributed by atoms with Crippen LogP contribution in [0.2, 0.25) is 0 Å². The van der Waals surface area contributed by atoms with Crippen LogP contribution in [0.4, 0.5) is 5.69 Å². The Morgan fingerprint density at radius 2 is 1.67 bits per heavy atom. The average molecular weight is 368 g/mol. The van der Waals surface area contributed by atoms with Gasteiger partial charge in [-0.05, 0) is 36.8 Å². The highest BCUT2D eigenvalue weighted by molar-refractivity contribution is 5.95. The zero-order valence-corrected chi connectivity index (χ0v) is 15.3. The fourth-order valence-corrected chi connectivity index (χ4v) is 3.17. The second kappa shape index (κ2) is 8.68. The highest BCUT2D eigenvalue weighted by atomic mass is 16.5. The van der Waals surface area contributed by atoms with Crippen LogP contribution >= 0.6 is 0 Å². The molecule has 142 valence electrons. The molecule has 3 rings (SSSR count). The van der Waals surface area contributed by atoms with E-state index in [0.29, 0.717) is 18.8 Å². The second-order valence-corrected chi connectivity index (χ2v) is 6.64. The fourth-order valence-electron chi connectivity index (χ4n) is 3.17. The summed E-state index contributed by atoms with van der Waals surface area (Å²) < 4.78 is 5.36. The molecule has 0 radical (unpaired) electrons. The van der Waals surface area contributed by atoms with Crippen molar-refractivity contribution in [1.82, 2.24) is 5.32 Å². The predicted octanol–water partition coefficient (Wildman–Crippen LogP) is 2.72. The summed E-state index contributed by atoms with van der Waals surface area (Å²) in [4.78, 5) is 26.4. The van der Waals surface area contributed by atoms with Crippen LogP contribution in [0.1, 0.15) is 28.9 Å². The first-order chi connectivity index (χ1) is 13.1. The van der Waals surface area contributed by atoms with Gasteiger partial charge < -0.3 is 20.1 Å². The summed E-state index contributed by atoms with van der Waals surface area (Å²) in [6, 6.07) is 15.9. The number of rotatable bonds is 6. The molecule has 1 saturated heterocycles. The monoisotopic (exact) mass is 368 g/mol. The minimum absolute atomic E-state index is 0.287. The van der Waals surface area contributed by atoms with E-state index in [1.54, 1.807) is 19.1 Å². The first-order valence-electron chi connectivity index (χ1n) is 9.07. The number of nitrogens with one attached hydrogen (secondary N) is 1. The quantitative estimate of drug-likeness (QED) is 0.820. The standard InChI is InChI=1S/C21H24N2O4/c1-15(21(25)26)19(16-5-3-2-4-6-16)22-20(24)17-7-9-18(10-8-17)23-11-13-27-14-12-23/h2-10,15,19H,11-14H2,1H3,(H,22,24)(H,25,26). The summed E-state index contributed by atoms with van der Waals surface area (Å²) in [5, 5.41) is 12.3. The highest BCUT2D eigenvalue weighted by Crippen LogP contribution is 2.23. The number of amides is 1. The number of aliphatic carboxylic acids is 1. The van der Waals surface area contributed by atoms with Crippen LogP contribution in [0.15, 0.2) is 54.6 Å². The van der Waals surface area contributed by atoms with Crippen LogP contribution in [-0.2, 0) is 9.53 Å². The van der Waals surface area contributed by atoms with E-state index in [1.165, 1.54) is 0 Å². The molecule has 1 aliphatic rings. The zero-order valence-electron chi connectivity index (χ0n) is 15.3. The maximum atomic E-state index is 12.7. The Bertz CT molecular complexity index is 771. The van der Waals surface area contributed by atoms with E-state index in [2.05, 4.69) is 10.2 Å². The van der Waals surface area contributed by atoms with Crippen molar-refractivity contribution < 1.29 is 19.4 Å². The molecule has 0 aliphatic carbocycles. The van der Waals surface area contributed by atoms with Gasteiger partial charge in [0.25, 0.3) is 5.91 Å². The van der Waals surface area contributed by atoms with Crippen molar-refractivity contribution >= 4 is 17.6 Å². The van der Waals surface area contributed by atoms with E-state index < -0.39 is 17.9 Å². The summed E-state index contributed by atoms with van der Waals surface area (Å²) in [7, 11) is 0. The first kappa shape index (κ1) is 18.9. The Morgan fingerprint density at radius 1 is 1.04 bits per heavy atom. The molecule has 6 heteroatoms. The Hall–Kier alpha value is -2.86. The van der Waals surface area contributed by atoms with Crippen LogP contribution in [0.5, 0.6) is 0 Å². The lowest BCUT2D eigenvalue weighted by Crippen LogP contribution is -2.36. The number of morpholine rings is 1. The molecule has 2 atom stereocenters. The van der Waals surface area contributed by atoms with E-state index >= 15 is 0 Å². The van der Waals surface area contributed by atoms with Gasteiger partial charge in [-0.3, -0.25) is 9.59 Å². The second-order valence-electron chi connectivity index (χ2n) is 6.64. The van der Waals surface area contributed by atoms with Crippen LogP contribution < -0.4 is 10.2 Å². The lowest BCUT2D eigenvalue weighted by Gasteiger charge is -2.29. The van der Waals surface area contributed by atoms with Gasteiger partial charge in [-0.1, -0.05) is 30.3 Å². The van der Waals surface area contributed by atoms with Crippen molar-refractivity contribution in [3.8, 4) is 0 Å². The van der Waals surface area contributed by atoms with Gasteiger partial charge in [-0.15, -0.1) is 0 Å². The number of ether oxygens (including phenoxy) is 1. The number of carbonyl (C=O) groups excluding carboxylic acids is 1. The maximum absolute atomic E-state index is 12.7. The van der Waals surface area contributed by atoms with Crippen LogP contribution in [0.3, 0.4) is 0 Å².